The Labute approximate surface area is 121 Å². The average Bonchev–Trinajstić information content (AvgIpc) is 3.05. The van der Waals surface area contributed by atoms with Crippen LogP contribution in [-0.2, 0) is 16.8 Å². The summed E-state index contributed by atoms with van der Waals surface area (Å²) in [5, 5.41) is 2.90. The van der Waals surface area contributed by atoms with Crippen LogP contribution < -0.4 is 11.1 Å². The van der Waals surface area contributed by atoms with Crippen molar-refractivity contribution in [3.8, 4) is 0 Å². The van der Waals surface area contributed by atoms with Crippen molar-refractivity contribution in [2.45, 2.75) is 51.1 Å². The molecule has 0 atom stereocenters. The minimum Gasteiger partial charge on any atom is -0.350 e. The van der Waals surface area contributed by atoms with Crippen LogP contribution in [0.1, 0.15) is 44.7 Å². The molecule has 106 valence electrons. The van der Waals surface area contributed by atoms with Crippen molar-refractivity contribution in [1.29, 1.82) is 0 Å². The monoisotopic (exact) mass is 282 g/mol. The summed E-state index contributed by atoms with van der Waals surface area (Å²) in [7, 11) is 0. The van der Waals surface area contributed by atoms with Gasteiger partial charge < -0.3 is 11.1 Å². The lowest BCUT2D eigenvalue weighted by atomic mass is 9.87. The average molecular weight is 283 g/mol. The Bertz CT molecular complexity index is 444. The van der Waals surface area contributed by atoms with E-state index in [0.717, 1.165) is 18.4 Å². The topological polar surface area (TPSA) is 55.1 Å². The molecule has 1 aliphatic rings. The van der Waals surface area contributed by atoms with Gasteiger partial charge in [-0.2, -0.15) is 0 Å². The van der Waals surface area contributed by atoms with E-state index in [9.17, 15) is 4.79 Å². The van der Waals surface area contributed by atoms with E-state index in [-0.39, 0.29) is 23.7 Å². The minimum atomic E-state index is -0.578. The Morgan fingerprint density at radius 1 is 1.26 bits per heavy atom. The van der Waals surface area contributed by atoms with Gasteiger partial charge in [-0.1, -0.05) is 45.0 Å². The molecule has 0 aromatic heterocycles. The van der Waals surface area contributed by atoms with Gasteiger partial charge in [-0.05, 0) is 29.4 Å². The second-order valence-electron chi connectivity index (χ2n) is 6.29. The lowest BCUT2D eigenvalue weighted by Crippen LogP contribution is -2.42. The highest BCUT2D eigenvalue weighted by atomic mass is 35.5. The van der Waals surface area contributed by atoms with Gasteiger partial charge in [-0.15, -0.1) is 12.4 Å². The van der Waals surface area contributed by atoms with Crippen LogP contribution in [0.5, 0.6) is 0 Å². The van der Waals surface area contributed by atoms with E-state index in [2.05, 4.69) is 50.4 Å². The SMILES string of the molecule is CC(C)(C)c1ccc(CNC(=O)C2(N)CC2)cc1.Cl. The standard InChI is InChI=1S/C15H22N2O.ClH/c1-14(2,3)12-6-4-11(5-7-12)10-17-13(18)15(16)8-9-15;/h4-7H,8-10,16H2,1-3H3,(H,17,18);1H. The summed E-state index contributed by atoms with van der Waals surface area (Å²) >= 11 is 0. The number of hydrogen-bond acceptors (Lipinski definition) is 2. The maximum Gasteiger partial charge on any atom is 0.240 e. The second kappa shape index (κ2) is 5.51. The van der Waals surface area contributed by atoms with Crippen LogP contribution in [0.2, 0.25) is 0 Å². The number of rotatable bonds is 3. The normalized spacial score (nSPS) is 16.4. The molecule has 1 aromatic rings. The fourth-order valence-electron chi connectivity index (χ4n) is 1.84. The van der Waals surface area contributed by atoms with Crippen LogP contribution in [0, 0.1) is 0 Å². The first kappa shape index (κ1) is 16.0. The third-order valence-electron chi connectivity index (χ3n) is 3.51. The molecule has 1 aromatic carbocycles. The first-order valence-corrected chi connectivity index (χ1v) is 6.48. The number of amides is 1. The molecule has 0 bridgehead atoms. The number of carbonyl (C=O) groups excluding carboxylic acids is 1. The maximum absolute atomic E-state index is 11.7. The summed E-state index contributed by atoms with van der Waals surface area (Å²) < 4.78 is 0. The Kier molecular flexibility index (Phi) is 4.64. The molecule has 0 spiro atoms. The molecule has 1 amide bonds. The number of benzene rings is 1. The van der Waals surface area contributed by atoms with Crippen LogP contribution in [-0.4, -0.2) is 11.4 Å². The molecule has 1 fully saturated rings. The van der Waals surface area contributed by atoms with Gasteiger partial charge in [0.2, 0.25) is 5.91 Å². The number of hydrogen-bond donors (Lipinski definition) is 2. The molecule has 19 heavy (non-hydrogen) atoms. The summed E-state index contributed by atoms with van der Waals surface area (Å²) in [6.45, 7) is 7.13. The van der Waals surface area contributed by atoms with Crippen molar-refractivity contribution in [2.75, 3.05) is 0 Å². The molecule has 0 aliphatic heterocycles. The van der Waals surface area contributed by atoms with Crippen molar-refractivity contribution in [1.82, 2.24) is 5.32 Å². The first-order chi connectivity index (χ1) is 8.31. The smallest absolute Gasteiger partial charge is 0.240 e. The maximum atomic E-state index is 11.7. The zero-order valence-electron chi connectivity index (χ0n) is 11.8. The molecule has 0 saturated heterocycles. The number of nitrogens with two attached hydrogens (primary N) is 1. The van der Waals surface area contributed by atoms with Crippen LogP contribution in [0.15, 0.2) is 24.3 Å². The van der Waals surface area contributed by atoms with Crippen LogP contribution >= 0.6 is 12.4 Å². The third kappa shape index (κ3) is 3.95. The van der Waals surface area contributed by atoms with E-state index in [0.29, 0.717) is 6.54 Å². The number of carbonyl (C=O) groups is 1. The molecule has 2 rings (SSSR count). The Hall–Kier alpha value is -1.06. The molecule has 0 heterocycles. The predicted octanol–water partition coefficient (Wildman–Crippen LogP) is 2.51. The Morgan fingerprint density at radius 3 is 2.21 bits per heavy atom. The van der Waals surface area contributed by atoms with Crippen molar-refractivity contribution >= 4 is 18.3 Å². The molecule has 0 unspecified atom stereocenters. The molecule has 3 N–H and O–H groups in total. The molecule has 1 aliphatic carbocycles. The summed E-state index contributed by atoms with van der Waals surface area (Å²) in [6.07, 6.45) is 1.61. The van der Waals surface area contributed by atoms with Crippen LogP contribution in [0.25, 0.3) is 0 Å². The molecular weight excluding hydrogens is 260 g/mol. The van der Waals surface area contributed by atoms with Crippen molar-refractivity contribution in [3.63, 3.8) is 0 Å². The molecule has 0 radical (unpaired) electrons. The van der Waals surface area contributed by atoms with Gasteiger partial charge in [0.15, 0.2) is 0 Å². The second-order valence-corrected chi connectivity index (χ2v) is 6.29. The summed E-state index contributed by atoms with van der Waals surface area (Å²) in [5.41, 5.74) is 7.82. The highest BCUT2D eigenvalue weighted by Crippen LogP contribution is 2.32. The van der Waals surface area contributed by atoms with Gasteiger partial charge in [0.1, 0.15) is 0 Å². The quantitative estimate of drug-likeness (QED) is 0.895. The van der Waals surface area contributed by atoms with E-state index in [1.54, 1.807) is 0 Å². The molecule has 4 heteroatoms. The third-order valence-corrected chi connectivity index (χ3v) is 3.51. The van der Waals surface area contributed by atoms with Crippen molar-refractivity contribution in [3.05, 3.63) is 35.4 Å². The highest BCUT2D eigenvalue weighted by Gasteiger charge is 2.45. The first-order valence-electron chi connectivity index (χ1n) is 6.48. The van der Waals surface area contributed by atoms with Gasteiger partial charge >= 0.3 is 0 Å². The van der Waals surface area contributed by atoms with E-state index in [1.165, 1.54) is 5.56 Å². The largest absolute Gasteiger partial charge is 0.350 e. The highest BCUT2D eigenvalue weighted by molar-refractivity contribution is 5.88. The van der Waals surface area contributed by atoms with E-state index >= 15 is 0 Å². The summed E-state index contributed by atoms with van der Waals surface area (Å²) in [5.74, 6) is -0.0256. The molecule has 1 saturated carbocycles. The minimum absolute atomic E-state index is 0. The summed E-state index contributed by atoms with van der Waals surface area (Å²) in [6, 6.07) is 8.38. The number of nitrogens with one attached hydrogen (secondary N) is 1. The van der Waals surface area contributed by atoms with Gasteiger partial charge in [-0.3, -0.25) is 4.79 Å². The van der Waals surface area contributed by atoms with Crippen molar-refractivity contribution in [2.24, 2.45) is 5.73 Å². The van der Waals surface area contributed by atoms with E-state index in [1.807, 2.05) is 0 Å². The van der Waals surface area contributed by atoms with Crippen LogP contribution in [0.4, 0.5) is 0 Å². The summed E-state index contributed by atoms with van der Waals surface area (Å²) in [4.78, 5) is 11.7. The number of halogens is 1. The van der Waals surface area contributed by atoms with Gasteiger partial charge in [0, 0.05) is 6.54 Å². The Morgan fingerprint density at radius 2 is 1.79 bits per heavy atom. The fourth-order valence-corrected chi connectivity index (χ4v) is 1.84. The van der Waals surface area contributed by atoms with E-state index < -0.39 is 5.54 Å². The zero-order valence-corrected chi connectivity index (χ0v) is 12.6. The van der Waals surface area contributed by atoms with Crippen LogP contribution in [0.3, 0.4) is 0 Å². The van der Waals surface area contributed by atoms with E-state index in [4.69, 9.17) is 5.73 Å². The Balaban J connectivity index is 0.00000180. The molecular formula is C15H23ClN2O. The fraction of sp³-hybridized carbons (Fsp3) is 0.533. The molecule has 3 nitrogen and oxygen atoms in total. The predicted molar refractivity (Wildman–Crippen MR) is 80.4 cm³/mol. The lowest BCUT2D eigenvalue weighted by molar-refractivity contribution is -0.123. The van der Waals surface area contributed by atoms with Gasteiger partial charge in [0.25, 0.3) is 0 Å². The zero-order chi connectivity index (χ0) is 13.4. The lowest BCUT2D eigenvalue weighted by Gasteiger charge is -2.19. The van der Waals surface area contributed by atoms with Gasteiger partial charge in [-0.25, -0.2) is 0 Å². The van der Waals surface area contributed by atoms with Crippen molar-refractivity contribution < 1.29 is 4.79 Å². The van der Waals surface area contributed by atoms with Gasteiger partial charge in [0.05, 0.1) is 5.54 Å².